The smallest absolute Gasteiger partial charge is 0.472 e. The number of carboxylic acid groups (broad SMARTS) is 1. The first-order valence-electron chi connectivity index (χ1n) is 19.0. The number of aliphatic carboxylic acids is 1. The first kappa shape index (κ1) is 47.2. The van der Waals surface area contributed by atoms with Crippen molar-refractivity contribution in [3.05, 3.63) is 36.5 Å². The monoisotopic (exact) mass is 715 g/mol. The molecule has 286 valence electrons. The zero-order valence-corrected chi connectivity index (χ0v) is 31.7. The van der Waals surface area contributed by atoms with Gasteiger partial charge in [0.2, 0.25) is 0 Å². The largest absolute Gasteiger partial charge is 0.480 e. The van der Waals surface area contributed by atoms with Crippen molar-refractivity contribution in [1.82, 2.24) is 0 Å². The van der Waals surface area contributed by atoms with Gasteiger partial charge in [-0.25, -0.2) is 4.57 Å². The van der Waals surface area contributed by atoms with Crippen LogP contribution in [0.15, 0.2) is 36.5 Å². The van der Waals surface area contributed by atoms with Gasteiger partial charge >= 0.3 is 19.8 Å². The van der Waals surface area contributed by atoms with E-state index in [1.807, 2.05) is 0 Å². The van der Waals surface area contributed by atoms with Gasteiger partial charge in [0.05, 0.1) is 19.8 Å². The van der Waals surface area contributed by atoms with Crippen LogP contribution < -0.4 is 5.73 Å². The summed E-state index contributed by atoms with van der Waals surface area (Å²) in [6.07, 6.45) is 36.2. The number of hydrogen-bond donors (Lipinski definition) is 3. The SMILES string of the molecule is CC/C=C\C/C=C\C/C=C\CCCCCCOCC(COP(=O)(O)OCC(N)C(=O)O)OC(=O)CCCCCCCCCCCCCCC. The van der Waals surface area contributed by atoms with Crippen LogP contribution in [-0.4, -0.2) is 60.5 Å². The van der Waals surface area contributed by atoms with Crippen LogP contribution in [-0.2, 0) is 32.7 Å². The molecule has 49 heavy (non-hydrogen) atoms. The minimum Gasteiger partial charge on any atom is -0.480 e. The van der Waals surface area contributed by atoms with Crippen molar-refractivity contribution in [3.8, 4) is 0 Å². The number of rotatable bonds is 36. The van der Waals surface area contributed by atoms with Gasteiger partial charge < -0.3 is 25.2 Å². The Morgan fingerprint density at radius 2 is 1.18 bits per heavy atom. The maximum Gasteiger partial charge on any atom is 0.472 e. The summed E-state index contributed by atoms with van der Waals surface area (Å²) in [5.41, 5.74) is 5.33. The number of phosphoric ester groups is 1. The standard InChI is InChI=1S/C38H70NO9P/c1-3-5-7-9-11-13-15-17-19-21-23-25-27-29-31-45-32-35(33-46-49(43,44)47-34-36(39)38(41)42)48-37(40)30-28-26-24-22-20-18-16-14-12-10-8-6-4-2/h5,7,11,13,17,19,35-36H,3-4,6,8-10,12,14-16,18,20-34,39H2,1-2H3,(H,41,42)(H,43,44)/b7-5-,13-11-,19-17-. The zero-order valence-electron chi connectivity index (χ0n) is 30.8. The molecule has 0 bridgehead atoms. The third kappa shape index (κ3) is 34.4. The van der Waals surface area contributed by atoms with Crippen LogP contribution in [0.5, 0.6) is 0 Å². The van der Waals surface area contributed by atoms with Crippen LogP contribution in [0.3, 0.4) is 0 Å². The lowest BCUT2D eigenvalue weighted by Crippen LogP contribution is -2.34. The quantitative estimate of drug-likeness (QED) is 0.0247. The van der Waals surface area contributed by atoms with Gasteiger partial charge in [-0.1, -0.05) is 140 Å². The van der Waals surface area contributed by atoms with E-state index in [4.69, 9.17) is 24.8 Å². The minimum absolute atomic E-state index is 0.00345. The number of hydrogen-bond acceptors (Lipinski definition) is 8. The van der Waals surface area contributed by atoms with E-state index in [9.17, 15) is 19.0 Å². The molecular formula is C38H70NO9P. The highest BCUT2D eigenvalue weighted by Gasteiger charge is 2.27. The number of phosphoric acid groups is 1. The van der Waals surface area contributed by atoms with E-state index in [0.29, 0.717) is 13.0 Å². The molecule has 3 atom stereocenters. The van der Waals surface area contributed by atoms with Gasteiger partial charge in [-0.3, -0.25) is 18.6 Å². The van der Waals surface area contributed by atoms with Gasteiger partial charge in [-0.2, -0.15) is 0 Å². The molecule has 3 unspecified atom stereocenters. The molecule has 0 aliphatic rings. The van der Waals surface area contributed by atoms with Crippen molar-refractivity contribution in [2.24, 2.45) is 5.73 Å². The second kappa shape index (κ2) is 34.6. The number of unbranched alkanes of at least 4 members (excludes halogenated alkanes) is 16. The first-order valence-corrected chi connectivity index (χ1v) is 20.5. The fraction of sp³-hybridized carbons (Fsp3) is 0.789. The predicted molar refractivity (Wildman–Crippen MR) is 198 cm³/mol. The summed E-state index contributed by atoms with van der Waals surface area (Å²) >= 11 is 0. The molecule has 0 aliphatic carbocycles. The van der Waals surface area contributed by atoms with Crippen LogP contribution in [0, 0.1) is 0 Å². The number of allylic oxidation sites excluding steroid dienone is 6. The van der Waals surface area contributed by atoms with Crippen LogP contribution in [0.1, 0.15) is 155 Å². The number of esters is 1. The topological polar surface area (TPSA) is 155 Å². The minimum atomic E-state index is -4.61. The van der Waals surface area contributed by atoms with Crippen molar-refractivity contribution >= 4 is 19.8 Å². The van der Waals surface area contributed by atoms with Gasteiger partial charge in [0.25, 0.3) is 0 Å². The highest BCUT2D eigenvalue weighted by atomic mass is 31.2. The Morgan fingerprint density at radius 1 is 0.673 bits per heavy atom. The predicted octanol–water partition coefficient (Wildman–Crippen LogP) is 9.75. The Balaban J connectivity index is 4.34. The van der Waals surface area contributed by atoms with Gasteiger partial charge in [-0.05, 0) is 44.9 Å². The van der Waals surface area contributed by atoms with E-state index in [0.717, 1.165) is 70.6 Å². The summed E-state index contributed by atoms with van der Waals surface area (Å²) in [6.45, 7) is 3.70. The maximum atomic E-state index is 12.6. The normalized spacial score (nSPS) is 14.5. The molecule has 0 radical (unpaired) electrons. The fourth-order valence-corrected chi connectivity index (χ4v) is 5.75. The van der Waals surface area contributed by atoms with E-state index in [-0.39, 0.29) is 13.0 Å². The van der Waals surface area contributed by atoms with Gasteiger partial charge in [0, 0.05) is 13.0 Å². The number of carbonyl (C=O) groups is 2. The van der Waals surface area contributed by atoms with E-state index in [1.54, 1.807) is 0 Å². The van der Waals surface area contributed by atoms with Gasteiger partial charge in [0.15, 0.2) is 0 Å². The molecule has 0 spiro atoms. The lowest BCUT2D eigenvalue weighted by molar-refractivity contribution is -0.154. The fourth-order valence-electron chi connectivity index (χ4n) is 4.97. The lowest BCUT2D eigenvalue weighted by atomic mass is 10.0. The highest BCUT2D eigenvalue weighted by molar-refractivity contribution is 7.47. The van der Waals surface area contributed by atoms with Crippen LogP contribution in [0.2, 0.25) is 0 Å². The van der Waals surface area contributed by atoms with Gasteiger partial charge in [0.1, 0.15) is 12.1 Å². The van der Waals surface area contributed by atoms with E-state index in [1.165, 1.54) is 57.8 Å². The number of ether oxygens (including phenoxy) is 2. The van der Waals surface area contributed by atoms with Crippen molar-refractivity contribution in [2.75, 3.05) is 26.4 Å². The molecule has 0 saturated heterocycles. The zero-order chi connectivity index (χ0) is 36.3. The Hall–Kier alpha value is -1.81. The molecule has 0 amide bonds. The van der Waals surface area contributed by atoms with E-state index >= 15 is 0 Å². The van der Waals surface area contributed by atoms with Crippen LogP contribution in [0.4, 0.5) is 0 Å². The van der Waals surface area contributed by atoms with Crippen LogP contribution in [0.25, 0.3) is 0 Å². The molecule has 0 rings (SSSR count). The molecule has 0 aromatic heterocycles. The molecule has 0 aromatic carbocycles. The van der Waals surface area contributed by atoms with Crippen molar-refractivity contribution in [3.63, 3.8) is 0 Å². The van der Waals surface area contributed by atoms with Crippen LogP contribution >= 0.6 is 7.82 Å². The number of nitrogens with two attached hydrogens (primary N) is 1. The molecule has 0 heterocycles. The summed E-state index contributed by atoms with van der Waals surface area (Å²) in [5, 5.41) is 8.86. The van der Waals surface area contributed by atoms with E-state index in [2.05, 4.69) is 54.8 Å². The first-order chi connectivity index (χ1) is 23.7. The van der Waals surface area contributed by atoms with E-state index < -0.39 is 45.1 Å². The van der Waals surface area contributed by atoms with Crippen molar-refractivity contribution in [2.45, 2.75) is 167 Å². The highest BCUT2D eigenvalue weighted by Crippen LogP contribution is 2.43. The maximum absolute atomic E-state index is 12.6. The molecular weight excluding hydrogens is 645 g/mol. The average molecular weight is 716 g/mol. The molecule has 0 aliphatic heterocycles. The molecule has 10 nitrogen and oxygen atoms in total. The number of carboxylic acids is 1. The van der Waals surface area contributed by atoms with Gasteiger partial charge in [-0.15, -0.1) is 0 Å². The molecule has 4 N–H and O–H groups in total. The summed E-state index contributed by atoms with van der Waals surface area (Å²) in [6, 6.07) is -1.47. The summed E-state index contributed by atoms with van der Waals surface area (Å²) in [5.74, 6) is -1.79. The Bertz CT molecular complexity index is 925. The number of carbonyl (C=O) groups excluding carboxylic acids is 1. The average Bonchev–Trinajstić information content (AvgIpc) is 3.07. The second-order valence-corrected chi connectivity index (χ2v) is 14.1. The lowest BCUT2D eigenvalue weighted by Gasteiger charge is -2.20. The summed E-state index contributed by atoms with van der Waals surface area (Å²) < 4.78 is 33.2. The molecule has 11 heteroatoms. The Kier molecular flexibility index (Phi) is 33.4. The Morgan fingerprint density at radius 3 is 1.78 bits per heavy atom. The summed E-state index contributed by atoms with van der Waals surface area (Å²) in [7, 11) is -4.61. The third-order valence-electron chi connectivity index (χ3n) is 7.93. The second-order valence-electron chi connectivity index (χ2n) is 12.7. The van der Waals surface area contributed by atoms with Crippen molar-refractivity contribution < 1.29 is 42.7 Å². The summed E-state index contributed by atoms with van der Waals surface area (Å²) in [4.78, 5) is 33.4. The third-order valence-corrected chi connectivity index (χ3v) is 8.88. The molecule has 0 fully saturated rings. The Labute approximate surface area is 297 Å². The molecule has 0 saturated carbocycles. The van der Waals surface area contributed by atoms with Crippen molar-refractivity contribution in [1.29, 1.82) is 0 Å². The molecule has 0 aromatic rings.